The van der Waals surface area contributed by atoms with Crippen molar-refractivity contribution in [3.05, 3.63) is 29.8 Å². The number of nitrogens with one attached hydrogen (secondary N) is 6. The van der Waals surface area contributed by atoms with Gasteiger partial charge in [0.2, 0.25) is 47.3 Å². The van der Waals surface area contributed by atoms with Gasteiger partial charge in [-0.1, -0.05) is 54.0 Å². The Kier molecular flexibility index (Phi) is 26.5. The zero-order valence-electron chi connectivity index (χ0n) is 39.2. The lowest BCUT2D eigenvalue weighted by atomic mass is 9.96. The van der Waals surface area contributed by atoms with Crippen molar-refractivity contribution >= 4 is 80.8 Å². The summed E-state index contributed by atoms with van der Waals surface area (Å²) in [7, 11) is 2.47. The molecule has 1 saturated heterocycles. The van der Waals surface area contributed by atoms with Crippen LogP contribution in [0.2, 0.25) is 0 Å². The van der Waals surface area contributed by atoms with Crippen LogP contribution in [0.1, 0.15) is 78.2 Å². The highest BCUT2D eigenvalue weighted by Gasteiger charge is 2.38. The molecule has 1 aromatic rings. The number of aliphatic carboxylic acids is 2. The molecule has 1 aliphatic heterocycles. The zero-order chi connectivity index (χ0) is 51.8. The SMILES string of the molecule is CCOc1ccc(C[C@@H](NC(=O)CCSSC[C@H](N)C(=O)N2CCC[C@H]2C(=O)N[C@@H](CCCN)C(=O)NCC(N)=O)C(=O)N[C@H](C(=O)N[C@H](C(=O)N[C@@H](CC(=O)O)C(=O)O)[C@@H](C)O)[C@@H](C)CC)cc1. The smallest absolute Gasteiger partial charge is 0.326 e. The van der Waals surface area contributed by atoms with Crippen molar-refractivity contribution in [3.8, 4) is 5.75 Å². The van der Waals surface area contributed by atoms with E-state index in [2.05, 4.69) is 26.6 Å². The minimum Gasteiger partial charge on any atom is -0.494 e. The van der Waals surface area contributed by atoms with Crippen molar-refractivity contribution in [1.82, 2.24) is 36.8 Å². The average molecular weight is 1010 g/mol. The van der Waals surface area contributed by atoms with Crippen LogP contribution < -0.4 is 53.8 Å². The number of likely N-dealkylation sites (tertiary alicyclic amines) is 1. The van der Waals surface area contributed by atoms with Crippen molar-refractivity contribution in [2.45, 2.75) is 127 Å². The number of carbonyl (C=O) groups is 10. The van der Waals surface area contributed by atoms with Gasteiger partial charge < -0.3 is 74.1 Å². The molecule has 1 aliphatic rings. The van der Waals surface area contributed by atoms with Gasteiger partial charge in [-0.05, 0) is 69.7 Å². The molecule has 9 atom stereocenters. The number of amides is 8. The molecule has 0 saturated carbocycles. The minimum atomic E-state index is -1.87. The molecule has 1 fully saturated rings. The fourth-order valence-electron chi connectivity index (χ4n) is 6.90. The molecule has 0 spiro atoms. The normalized spacial score (nSPS) is 16.7. The van der Waals surface area contributed by atoms with E-state index < -0.39 is 126 Å². The van der Waals surface area contributed by atoms with Crippen LogP contribution >= 0.6 is 21.6 Å². The molecular weight excluding hydrogens is 945 g/mol. The van der Waals surface area contributed by atoms with Crippen molar-refractivity contribution in [2.75, 3.05) is 37.7 Å². The molecule has 15 N–H and O–H groups in total. The number of carboxylic acid groups (broad SMARTS) is 2. The summed E-state index contributed by atoms with van der Waals surface area (Å²) in [4.78, 5) is 129. The number of aliphatic hydroxyl groups excluding tert-OH is 1. The van der Waals surface area contributed by atoms with Gasteiger partial charge in [-0.15, -0.1) is 0 Å². The second kappa shape index (κ2) is 30.7. The summed E-state index contributed by atoms with van der Waals surface area (Å²) in [5, 5.41) is 43.6. The third-order valence-corrected chi connectivity index (χ3v) is 13.3. The summed E-state index contributed by atoms with van der Waals surface area (Å²) in [5.74, 6) is -8.62. The number of primary amides is 1. The lowest BCUT2D eigenvalue weighted by molar-refractivity contribution is -0.148. The van der Waals surface area contributed by atoms with Gasteiger partial charge in [0.15, 0.2) is 0 Å². The second-order valence-electron chi connectivity index (χ2n) is 16.3. The number of nitrogens with zero attached hydrogens (tertiary/aromatic N) is 1. The molecule has 386 valence electrons. The largest absolute Gasteiger partial charge is 0.494 e. The fourth-order valence-corrected chi connectivity index (χ4v) is 9.00. The fraction of sp³-hybridized carbons (Fsp3) is 0.628. The van der Waals surface area contributed by atoms with Crippen LogP contribution in [0.5, 0.6) is 5.75 Å². The zero-order valence-corrected chi connectivity index (χ0v) is 40.9. The van der Waals surface area contributed by atoms with Gasteiger partial charge in [-0.2, -0.15) is 0 Å². The summed E-state index contributed by atoms with van der Waals surface area (Å²) in [6.07, 6.45) is -0.862. The highest BCUT2D eigenvalue weighted by atomic mass is 33.1. The number of nitrogens with two attached hydrogens (primary N) is 3. The molecule has 0 aliphatic carbocycles. The van der Waals surface area contributed by atoms with Crippen molar-refractivity contribution in [3.63, 3.8) is 0 Å². The number of benzene rings is 1. The Morgan fingerprint density at radius 2 is 1.49 bits per heavy atom. The van der Waals surface area contributed by atoms with E-state index in [9.17, 15) is 58.2 Å². The molecule has 2 rings (SSSR count). The van der Waals surface area contributed by atoms with Gasteiger partial charge >= 0.3 is 11.9 Å². The van der Waals surface area contributed by atoms with E-state index in [1.54, 1.807) is 38.1 Å². The lowest BCUT2D eigenvalue weighted by Crippen LogP contribution is -2.61. The molecule has 24 nitrogen and oxygen atoms in total. The number of aliphatic hydroxyl groups is 1. The van der Waals surface area contributed by atoms with E-state index in [4.69, 9.17) is 27.0 Å². The van der Waals surface area contributed by atoms with E-state index in [1.165, 1.54) is 26.5 Å². The van der Waals surface area contributed by atoms with Crippen LogP contribution in [0.4, 0.5) is 0 Å². The Morgan fingerprint density at radius 3 is 2.07 bits per heavy atom. The molecule has 8 amide bonds. The van der Waals surface area contributed by atoms with Crippen LogP contribution in [-0.4, -0.2) is 166 Å². The number of hydrogen-bond acceptors (Lipinski definition) is 16. The predicted molar refractivity (Wildman–Crippen MR) is 255 cm³/mol. The maximum atomic E-state index is 14.0. The molecule has 0 aromatic heterocycles. The van der Waals surface area contributed by atoms with E-state index in [-0.39, 0.29) is 43.9 Å². The average Bonchev–Trinajstić information content (AvgIpc) is 3.80. The quantitative estimate of drug-likeness (QED) is 0.0261. The minimum absolute atomic E-state index is 0.0249. The molecule has 0 unspecified atom stereocenters. The Hall–Kier alpha value is -5.70. The van der Waals surface area contributed by atoms with Crippen LogP contribution in [0.3, 0.4) is 0 Å². The molecule has 1 aromatic carbocycles. The predicted octanol–water partition coefficient (Wildman–Crippen LogP) is -2.53. The number of ether oxygens (including phenoxy) is 1. The standard InChI is InChI=1S/C43H68N10O14S2/c1-5-23(3)35(40(62)52-36(24(4)54)41(63)50-30(43(65)66)20-34(57)58)51-38(60)29(19-25-11-13-26(14-12-25)67-6-2)48-33(56)15-18-68-69-22-27(45)42(64)53-17-8-10-31(53)39(61)49-28(9-7-16-44)37(59)47-21-32(46)55/h11-14,23-24,27-31,35-36,54H,5-10,15-22,44-45H2,1-4H3,(H2,46,55)(H,47,59)(H,48,56)(H,49,61)(H,50,63)(H,51,60)(H,52,62)(H,57,58)(H,65,66)/t23-,24+,27-,28-,29+,30-,31-,35-,36-/m0/s1. The Morgan fingerprint density at radius 1 is 0.841 bits per heavy atom. The highest BCUT2D eigenvalue weighted by molar-refractivity contribution is 8.76. The first-order chi connectivity index (χ1) is 32.6. The Labute approximate surface area is 408 Å². The van der Waals surface area contributed by atoms with Crippen molar-refractivity contribution < 1.29 is 68.0 Å². The van der Waals surface area contributed by atoms with Crippen LogP contribution in [0, 0.1) is 5.92 Å². The Balaban J connectivity index is 2.12. The molecule has 0 radical (unpaired) electrons. The molecule has 0 bridgehead atoms. The Bertz CT molecular complexity index is 1930. The maximum absolute atomic E-state index is 14.0. The number of rotatable bonds is 32. The first-order valence-electron chi connectivity index (χ1n) is 22.6. The summed E-state index contributed by atoms with van der Waals surface area (Å²) >= 11 is 0. The van der Waals surface area contributed by atoms with Gasteiger partial charge in [0.05, 0.1) is 31.7 Å². The number of carbonyl (C=O) groups excluding carboxylic acids is 8. The van der Waals surface area contributed by atoms with Crippen molar-refractivity contribution in [1.29, 1.82) is 0 Å². The molecule has 69 heavy (non-hydrogen) atoms. The van der Waals surface area contributed by atoms with Gasteiger partial charge in [0, 0.05) is 30.9 Å². The molecule has 26 heteroatoms. The van der Waals surface area contributed by atoms with Crippen molar-refractivity contribution in [2.24, 2.45) is 23.1 Å². The lowest BCUT2D eigenvalue weighted by Gasteiger charge is -2.29. The van der Waals surface area contributed by atoms with Gasteiger partial charge in [0.1, 0.15) is 42.0 Å². The summed E-state index contributed by atoms with van der Waals surface area (Å²) in [6.45, 7) is 6.87. The van der Waals surface area contributed by atoms with Crippen LogP contribution in [0.15, 0.2) is 24.3 Å². The first-order valence-corrected chi connectivity index (χ1v) is 25.0. The third-order valence-electron chi connectivity index (χ3n) is 10.8. The van der Waals surface area contributed by atoms with Crippen LogP contribution in [0.25, 0.3) is 0 Å². The van der Waals surface area contributed by atoms with E-state index in [0.717, 1.165) is 6.92 Å². The highest BCUT2D eigenvalue weighted by Crippen LogP contribution is 2.25. The maximum Gasteiger partial charge on any atom is 0.326 e. The first kappa shape index (κ1) is 59.4. The number of hydrogen-bond donors (Lipinski definition) is 12. The van der Waals surface area contributed by atoms with Gasteiger partial charge in [0.25, 0.3) is 0 Å². The summed E-state index contributed by atoms with van der Waals surface area (Å²) in [5.41, 5.74) is 17.6. The molecular formula is C43H68N10O14S2. The second-order valence-corrected chi connectivity index (χ2v) is 19.0. The van der Waals surface area contributed by atoms with E-state index in [1.807, 2.05) is 12.2 Å². The topological polar surface area (TPSA) is 394 Å². The monoisotopic (exact) mass is 1010 g/mol. The summed E-state index contributed by atoms with van der Waals surface area (Å²) in [6, 6.07) is -2.27. The number of carboxylic acids is 2. The van der Waals surface area contributed by atoms with Gasteiger partial charge in [-0.3, -0.25) is 43.2 Å². The van der Waals surface area contributed by atoms with E-state index >= 15 is 0 Å². The molecule has 1 heterocycles. The van der Waals surface area contributed by atoms with Crippen LogP contribution in [-0.2, 0) is 54.4 Å². The third kappa shape index (κ3) is 20.8. The van der Waals surface area contributed by atoms with Gasteiger partial charge in [-0.25, -0.2) is 4.79 Å². The van der Waals surface area contributed by atoms with E-state index in [0.29, 0.717) is 43.6 Å². The summed E-state index contributed by atoms with van der Waals surface area (Å²) < 4.78 is 5.51.